The smallest absolute Gasteiger partial charge is 0.266 e. The van der Waals surface area contributed by atoms with E-state index in [2.05, 4.69) is 21.2 Å². The van der Waals surface area contributed by atoms with E-state index in [1.54, 1.807) is 0 Å². The fourth-order valence-corrected chi connectivity index (χ4v) is 5.51. The van der Waals surface area contributed by atoms with Crippen molar-refractivity contribution in [3.63, 3.8) is 0 Å². The summed E-state index contributed by atoms with van der Waals surface area (Å²) in [6.45, 7) is 1.39. The van der Waals surface area contributed by atoms with E-state index < -0.39 is 10.8 Å². The predicted octanol–water partition coefficient (Wildman–Crippen LogP) is 4.19. The molecule has 0 aliphatic carbocycles. The van der Waals surface area contributed by atoms with Crippen LogP contribution in [-0.4, -0.2) is 28.6 Å². The van der Waals surface area contributed by atoms with Crippen LogP contribution in [0.4, 0.5) is 5.69 Å². The lowest BCUT2D eigenvalue weighted by atomic mass is 10.2. The molecular weight excluding hydrogens is 410 g/mol. The maximum Gasteiger partial charge on any atom is 0.266 e. The molecule has 1 N–H and O–H groups in total. The minimum absolute atomic E-state index is 0.139. The highest BCUT2D eigenvalue weighted by molar-refractivity contribution is 9.10. The third-order valence-corrected chi connectivity index (χ3v) is 7.53. The van der Waals surface area contributed by atoms with Crippen molar-refractivity contribution in [3.8, 4) is 0 Å². The first-order valence-corrected chi connectivity index (χ1v) is 10.8. The molecule has 4 nitrogen and oxygen atoms in total. The normalized spacial score (nSPS) is 16.7. The quantitative estimate of drug-likeness (QED) is 0.777. The zero-order valence-corrected chi connectivity index (χ0v) is 16.2. The summed E-state index contributed by atoms with van der Waals surface area (Å²) in [7, 11) is -0.910. The van der Waals surface area contributed by atoms with Gasteiger partial charge in [0.1, 0.15) is 4.88 Å². The number of rotatable bonds is 5. The summed E-state index contributed by atoms with van der Waals surface area (Å²) >= 11 is 4.76. The number of ether oxygens (including phenoxy) is 1. The maximum atomic E-state index is 12.5. The fraction of sp³-hybridized carbons (Fsp3) is 0.353. The summed E-state index contributed by atoms with van der Waals surface area (Å²) in [6.07, 6.45) is 1.71. The van der Waals surface area contributed by atoms with Gasteiger partial charge < -0.3 is 10.1 Å². The molecule has 1 aliphatic heterocycles. The van der Waals surface area contributed by atoms with Crippen LogP contribution in [0.15, 0.2) is 40.2 Å². The molecule has 1 fully saturated rings. The van der Waals surface area contributed by atoms with Gasteiger partial charge in [0.15, 0.2) is 0 Å². The molecule has 0 spiro atoms. The minimum atomic E-state index is -0.910. The van der Waals surface area contributed by atoms with E-state index in [0.717, 1.165) is 28.6 Å². The highest BCUT2D eigenvalue weighted by atomic mass is 79.9. The summed E-state index contributed by atoms with van der Waals surface area (Å²) in [4.78, 5) is 12.9. The highest BCUT2D eigenvalue weighted by Gasteiger charge is 2.20. The molecule has 0 bridgehead atoms. The fourth-order valence-electron chi connectivity index (χ4n) is 2.60. The Balaban J connectivity index is 1.64. The predicted molar refractivity (Wildman–Crippen MR) is 102 cm³/mol. The molecule has 1 amide bonds. The van der Waals surface area contributed by atoms with Crippen LogP contribution >= 0.6 is 27.3 Å². The molecule has 1 aromatic heterocycles. The standard InChI is InChI=1S/C17H18BrNO3S2/c18-15-6-9-23-16(15)17(20)19-13-3-1-2-12(10-13)11-24(21)14-4-7-22-8-5-14/h1-3,6,9-10,14H,4-5,7-8,11H2,(H,19,20). The molecule has 0 radical (unpaired) electrons. The summed E-state index contributed by atoms with van der Waals surface area (Å²) in [5.74, 6) is 0.372. The summed E-state index contributed by atoms with van der Waals surface area (Å²) in [5.41, 5.74) is 1.70. The molecule has 1 aliphatic rings. The molecular formula is C17H18BrNO3S2. The van der Waals surface area contributed by atoms with E-state index in [9.17, 15) is 9.00 Å². The number of carbonyl (C=O) groups is 1. The number of hydrogen-bond donors (Lipinski definition) is 1. The second-order valence-electron chi connectivity index (χ2n) is 5.59. The first-order chi connectivity index (χ1) is 11.6. The van der Waals surface area contributed by atoms with Crippen molar-refractivity contribution in [3.05, 3.63) is 50.6 Å². The molecule has 1 saturated heterocycles. The van der Waals surface area contributed by atoms with Crippen molar-refractivity contribution in [2.45, 2.75) is 23.8 Å². The van der Waals surface area contributed by atoms with E-state index >= 15 is 0 Å². The lowest BCUT2D eigenvalue weighted by Gasteiger charge is -2.21. The summed E-state index contributed by atoms with van der Waals surface area (Å²) < 4.78 is 18.6. The lowest BCUT2D eigenvalue weighted by molar-refractivity contribution is 0.0991. The van der Waals surface area contributed by atoms with Crippen molar-refractivity contribution < 1.29 is 13.7 Å². The lowest BCUT2D eigenvalue weighted by Crippen LogP contribution is -2.25. The summed E-state index contributed by atoms with van der Waals surface area (Å²) in [6, 6.07) is 9.44. The van der Waals surface area contributed by atoms with Gasteiger partial charge >= 0.3 is 0 Å². The third kappa shape index (κ3) is 4.53. The molecule has 7 heteroatoms. The molecule has 2 aromatic rings. The molecule has 0 saturated carbocycles. The zero-order valence-electron chi connectivity index (χ0n) is 13.0. The van der Waals surface area contributed by atoms with Crippen LogP contribution in [0.3, 0.4) is 0 Å². The number of anilines is 1. The van der Waals surface area contributed by atoms with Crippen LogP contribution in [-0.2, 0) is 21.3 Å². The molecule has 1 unspecified atom stereocenters. The van der Waals surface area contributed by atoms with Gasteiger partial charge in [-0.1, -0.05) is 12.1 Å². The number of amides is 1. The van der Waals surface area contributed by atoms with Gasteiger partial charge in [0.05, 0.1) is 0 Å². The van der Waals surface area contributed by atoms with Gasteiger partial charge in [0.2, 0.25) is 0 Å². The molecule has 3 rings (SSSR count). The Kier molecular flexibility index (Phi) is 6.21. The van der Waals surface area contributed by atoms with Crippen LogP contribution in [0, 0.1) is 0 Å². The molecule has 1 aromatic carbocycles. The van der Waals surface area contributed by atoms with Crippen molar-refractivity contribution in [1.29, 1.82) is 0 Å². The third-order valence-electron chi connectivity index (χ3n) is 3.86. The van der Waals surface area contributed by atoms with Gasteiger partial charge in [0, 0.05) is 45.2 Å². The van der Waals surface area contributed by atoms with Crippen LogP contribution in [0.5, 0.6) is 0 Å². The maximum absolute atomic E-state index is 12.5. The van der Waals surface area contributed by atoms with E-state index in [1.807, 2.05) is 35.7 Å². The largest absolute Gasteiger partial charge is 0.381 e. The minimum Gasteiger partial charge on any atom is -0.381 e. The van der Waals surface area contributed by atoms with Crippen LogP contribution in [0.1, 0.15) is 28.1 Å². The Morgan fingerprint density at radius 1 is 1.33 bits per heavy atom. The van der Waals surface area contributed by atoms with Gasteiger partial charge in [-0.2, -0.15) is 0 Å². The Labute approximate surface area is 156 Å². The second-order valence-corrected chi connectivity index (χ2v) is 9.08. The molecule has 2 heterocycles. The van der Waals surface area contributed by atoms with Gasteiger partial charge in [-0.3, -0.25) is 9.00 Å². The molecule has 24 heavy (non-hydrogen) atoms. The number of halogens is 1. The highest BCUT2D eigenvalue weighted by Crippen LogP contribution is 2.24. The number of hydrogen-bond acceptors (Lipinski definition) is 4. The Morgan fingerprint density at radius 3 is 2.83 bits per heavy atom. The second kappa shape index (κ2) is 8.38. The average molecular weight is 428 g/mol. The zero-order chi connectivity index (χ0) is 16.9. The average Bonchev–Trinajstić information content (AvgIpc) is 3.02. The van der Waals surface area contributed by atoms with Crippen molar-refractivity contribution >= 4 is 49.7 Å². The molecule has 128 valence electrons. The van der Waals surface area contributed by atoms with Gasteiger partial charge in [0.25, 0.3) is 5.91 Å². The van der Waals surface area contributed by atoms with Crippen molar-refractivity contribution in [2.75, 3.05) is 18.5 Å². The van der Waals surface area contributed by atoms with Crippen LogP contribution < -0.4 is 5.32 Å². The van der Waals surface area contributed by atoms with Gasteiger partial charge in [-0.15, -0.1) is 11.3 Å². The van der Waals surface area contributed by atoms with Crippen LogP contribution in [0.2, 0.25) is 0 Å². The van der Waals surface area contributed by atoms with Crippen molar-refractivity contribution in [1.82, 2.24) is 0 Å². The van der Waals surface area contributed by atoms with E-state index in [1.165, 1.54) is 11.3 Å². The Hall–Kier alpha value is -1.02. The Bertz CT molecular complexity index is 741. The van der Waals surface area contributed by atoms with E-state index in [0.29, 0.717) is 23.8 Å². The number of thiophene rings is 1. The summed E-state index contributed by atoms with van der Waals surface area (Å²) in [5, 5.41) is 4.98. The first-order valence-electron chi connectivity index (χ1n) is 7.71. The van der Waals surface area contributed by atoms with E-state index in [-0.39, 0.29) is 11.2 Å². The van der Waals surface area contributed by atoms with Gasteiger partial charge in [-0.05, 0) is 57.9 Å². The first kappa shape index (κ1) is 17.8. The number of carbonyl (C=O) groups excluding carboxylic acids is 1. The number of nitrogens with one attached hydrogen (secondary N) is 1. The molecule has 1 atom stereocenters. The van der Waals surface area contributed by atoms with Crippen molar-refractivity contribution in [2.24, 2.45) is 0 Å². The van der Waals surface area contributed by atoms with E-state index in [4.69, 9.17) is 4.74 Å². The van der Waals surface area contributed by atoms with Gasteiger partial charge in [-0.25, -0.2) is 0 Å². The SMILES string of the molecule is O=C(Nc1cccc(CS(=O)C2CCOCC2)c1)c1sccc1Br. The topological polar surface area (TPSA) is 55.4 Å². The monoisotopic (exact) mass is 427 g/mol. The number of benzene rings is 1. The van der Waals surface area contributed by atoms with Crippen LogP contribution in [0.25, 0.3) is 0 Å². The Morgan fingerprint density at radius 2 is 2.12 bits per heavy atom.